The lowest BCUT2D eigenvalue weighted by Crippen LogP contribution is -2.25. The molecule has 1 aromatic heterocycles. The van der Waals surface area contributed by atoms with E-state index in [1.165, 1.54) is 16.3 Å². The third-order valence-corrected chi connectivity index (χ3v) is 3.80. The number of hydrogen-bond donors (Lipinski definition) is 1. The van der Waals surface area contributed by atoms with Gasteiger partial charge >= 0.3 is 0 Å². The number of rotatable bonds is 3. The van der Waals surface area contributed by atoms with Crippen LogP contribution in [0, 0.1) is 5.92 Å². The Hall–Kier alpha value is -1.45. The van der Waals surface area contributed by atoms with Crippen molar-refractivity contribution < 1.29 is 4.74 Å². The van der Waals surface area contributed by atoms with Crippen LogP contribution in [0.2, 0.25) is 0 Å². The summed E-state index contributed by atoms with van der Waals surface area (Å²) >= 11 is 0. The highest BCUT2D eigenvalue weighted by atomic mass is 16.5. The van der Waals surface area contributed by atoms with Gasteiger partial charge < -0.3 is 10.1 Å². The third kappa shape index (κ3) is 2.00. The number of nitrogens with one attached hydrogen (secondary N) is 1. The van der Waals surface area contributed by atoms with E-state index in [4.69, 9.17) is 4.74 Å². The largest absolute Gasteiger partial charge is 0.381 e. The summed E-state index contributed by atoms with van der Waals surface area (Å²) in [6.07, 6.45) is 4.94. The van der Waals surface area contributed by atoms with Crippen LogP contribution in [0.3, 0.4) is 0 Å². The Morgan fingerprint density at radius 2 is 2.33 bits per heavy atom. The second-order valence-electron chi connectivity index (χ2n) is 4.83. The minimum atomic E-state index is 0.348. The van der Waals surface area contributed by atoms with Crippen molar-refractivity contribution >= 4 is 10.8 Å². The van der Waals surface area contributed by atoms with Crippen LogP contribution in [0.4, 0.5) is 0 Å². The predicted octanol–water partition coefficient (Wildman–Crippen LogP) is 2.53. The SMILES string of the molecule is CNC(c1cccc2ccncc12)C1CCOC1. The van der Waals surface area contributed by atoms with Crippen molar-refractivity contribution in [1.29, 1.82) is 0 Å². The lowest BCUT2D eigenvalue weighted by Gasteiger charge is -2.23. The highest BCUT2D eigenvalue weighted by molar-refractivity contribution is 5.85. The number of aromatic nitrogens is 1. The first-order valence-electron chi connectivity index (χ1n) is 6.48. The molecule has 3 nitrogen and oxygen atoms in total. The molecule has 0 bridgehead atoms. The smallest absolute Gasteiger partial charge is 0.0513 e. The maximum absolute atomic E-state index is 5.52. The second kappa shape index (κ2) is 5.04. The summed E-state index contributed by atoms with van der Waals surface area (Å²) in [5.41, 5.74) is 1.33. The van der Waals surface area contributed by atoms with Crippen molar-refractivity contribution in [2.45, 2.75) is 12.5 Å². The molecule has 1 fully saturated rings. The van der Waals surface area contributed by atoms with Gasteiger partial charge in [0.25, 0.3) is 0 Å². The van der Waals surface area contributed by atoms with Crippen LogP contribution in [0.1, 0.15) is 18.0 Å². The van der Waals surface area contributed by atoms with E-state index in [9.17, 15) is 0 Å². The molecule has 2 aromatic rings. The molecule has 0 saturated carbocycles. The molecule has 1 aromatic carbocycles. The fraction of sp³-hybridized carbons (Fsp3) is 0.400. The Morgan fingerprint density at radius 1 is 1.39 bits per heavy atom. The second-order valence-corrected chi connectivity index (χ2v) is 4.83. The van der Waals surface area contributed by atoms with Crippen molar-refractivity contribution in [2.24, 2.45) is 5.92 Å². The van der Waals surface area contributed by atoms with Gasteiger partial charge in [-0.05, 0) is 30.5 Å². The molecule has 2 atom stereocenters. The molecule has 2 heterocycles. The third-order valence-electron chi connectivity index (χ3n) is 3.80. The van der Waals surface area contributed by atoms with Crippen molar-refractivity contribution in [3.05, 3.63) is 42.2 Å². The average molecular weight is 242 g/mol. The maximum Gasteiger partial charge on any atom is 0.0513 e. The van der Waals surface area contributed by atoms with Gasteiger partial charge in [-0.25, -0.2) is 0 Å². The fourth-order valence-corrected chi connectivity index (χ4v) is 2.87. The van der Waals surface area contributed by atoms with E-state index in [1.807, 2.05) is 19.4 Å². The zero-order valence-electron chi connectivity index (χ0n) is 10.6. The minimum absolute atomic E-state index is 0.348. The summed E-state index contributed by atoms with van der Waals surface area (Å²) in [4.78, 5) is 4.26. The van der Waals surface area contributed by atoms with Crippen LogP contribution in [-0.4, -0.2) is 25.2 Å². The van der Waals surface area contributed by atoms with E-state index in [1.54, 1.807) is 0 Å². The fourth-order valence-electron chi connectivity index (χ4n) is 2.87. The molecule has 0 amide bonds. The van der Waals surface area contributed by atoms with E-state index >= 15 is 0 Å². The predicted molar refractivity (Wildman–Crippen MR) is 72.5 cm³/mol. The van der Waals surface area contributed by atoms with Gasteiger partial charge in [0.15, 0.2) is 0 Å². The molecule has 1 aliphatic rings. The summed E-state index contributed by atoms with van der Waals surface area (Å²) in [6, 6.07) is 8.87. The minimum Gasteiger partial charge on any atom is -0.381 e. The van der Waals surface area contributed by atoms with E-state index in [2.05, 4.69) is 34.6 Å². The Morgan fingerprint density at radius 3 is 3.11 bits per heavy atom. The Balaban J connectivity index is 2.06. The molecule has 2 unspecified atom stereocenters. The van der Waals surface area contributed by atoms with E-state index in [0.717, 1.165) is 19.6 Å². The summed E-state index contributed by atoms with van der Waals surface area (Å²) in [6.45, 7) is 1.73. The monoisotopic (exact) mass is 242 g/mol. The summed E-state index contributed by atoms with van der Waals surface area (Å²) in [5, 5.41) is 5.94. The first kappa shape index (κ1) is 11.6. The zero-order chi connectivity index (χ0) is 12.4. The first-order chi connectivity index (χ1) is 8.90. The van der Waals surface area contributed by atoms with Crippen molar-refractivity contribution in [2.75, 3.05) is 20.3 Å². The quantitative estimate of drug-likeness (QED) is 0.898. The van der Waals surface area contributed by atoms with E-state index in [-0.39, 0.29) is 0 Å². The molecule has 3 heteroatoms. The van der Waals surface area contributed by atoms with Gasteiger partial charge in [-0.1, -0.05) is 18.2 Å². The molecule has 18 heavy (non-hydrogen) atoms. The van der Waals surface area contributed by atoms with Crippen LogP contribution in [0.25, 0.3) is 10.8 Å². The molecular weight excluding hydrogens is 224 g/mol. The van der Waals surface area contributed by atoms with E-state index < -0.39 is 0 Å². The van der Waals surface area contributed by atoms with Crippen LogP contribution in [0.15, 0.2) is 36.7 Å². The Kier molecular flexibility index (Phi) is 3.26. The molecule has 0 radical (unpaired) electrons. The Labute approximate surface area is 107 Å². The summed E-state index contributed by atoms with van der Waals surface area (Å²) in [7, 11) is 2.03. The topological polar surface area (TPSA) is 34.2 Å². The summed E-state index contributed by atoms with van der Waals surface area (Å²) < 4.78 is 5.52. The van der Waals surface area contributed by atoms with Gasteiger partial charge in [-0.2, -0.15) is 0 Å². The number of fused-ring (bicyclic) bond motifs is 1. The normalized spacial score (nSPS) is 21.3. The highest BCUT2D eigenvalue weighted by Gasteiger charge is 2.26. The van der Waals surface area contributed by atoms with Gasteiger partial charge in [-0.3, -0.25) is 4.98 Å². The van der Waals surface area contributed by atoms with Crippen LogP contribution >= 0.6 is 0 Å². The number of nitrogens with zero attached hydrogens (tertiary/aromatic N) is 1. The van der Waals surface area contributed by atoms with Crippen LogP contribution < -0.4 is 5.32 Å². The number of ether oxygens (including phenoxy) is 1. The first-order valence-corrected chi connectivity index (χ1v) is 6.48. The van der Waals surface area contributed by atoms with Gasteiger partial charge in [-0.15, -0.1) is 0 Å². The number of benzene rings is 1. The van der Waals surface area contributed by atoms with Crippen molar-refractivity contribution in [3.63, 3.8) is 0 Å². The van der Waals surface area contributed by atoms with Gasteiger partial charge in [0.1, 0.15) is 0 Å². The average Bonchev–Trinajstić information content (AvgIpc) is 2.94. The van der Waals surface area contributed by atoms with E-state index in [0.29, 0.717) is 12.0 Å². The van der Waals surface area contributed by atoms with Gasteiger partial charge in [0.05, 0.1) is 6.61 Å². The lowest BCUT2D eigenvalue weighted by atomic mass is 9.90. The van der Waals surface area contributed by atoms with Gasteiger partial charge in [0.2, 0.25) is 0 Å². The standard InChI is InChI=1S/C15H18N2O/c1-16-15(12-6-8-18-10-12)13-4-2-3-11-5-7-17-9-14(11)13/h2-5,7,9,12,15-16H,6,8,10H2,1H3. The van der Waals surface area contributed by atoms with Gasteiger partial charge in [0, 0.05) is 36.3 Å². The molecule has 3 rings (SSSR count). The van der Waals surface area contributed by atoms with Crippen LogP contribution in [0.5, 0.6) is 0 Å². The lowest BCUT2D eigenvalue weighted by molar-refractivity contribution is 0.178. The highest BCUT2D eigenvalue weighted by Crippen LogP contribution is 2.32. The molecule has 1 N–H and O–H groups in total. The molecule has 0 spiro atoms. The Bertz CT molecular complexity index is 530. The maximum atomic E-state index is 5.52. The molecule has 94 valence electrons. The van der Waals surface area contributed by atoms with Crippen molar-refractivity contribution in [3.8, 4) is 0 Å². The molecular formula is C15H18N2O. The summed E-state index contributed by atoms with van der Waals surface area (Å²) in [5.74, 6) is 0.556. The molecule has 0 aliphatic carbocycles. The zero-order valence-corrected chi connectivity index (χ0v) is 10.6. The molecule has 1 saturated heterocycles. The van der Waals surface area contributed by atoms with Crippen LogP contribution in [-0.2, 0) is 4.74 Å². The molecule has 1 aliphatic heterocycles. The number of pyridine rings is 1. The van der Waals surface area contributed by atoms with Crippen molar-refractivity contribution in [1.82, 2.24) is 10.3 Å². The number of hydrogen-bond acceptors (Lipinski definition) is 3.